The van der Waals surface area contributed by atoms with Crippen LogP contribution in [0.1, 0.15) is 29.2 Å². The van der Waals surface area contributed by atoms with Crippen molar-refractivity contribution in [1.29, 1.82) is 0 Å². The Balaban J connectivity index is 1.10. The largest absolute Gasteiger partial charge is 0.310 e. The van der Waals surface area contributed by atoms with Crippen LogP contribution in [0.25, 0.3) is 49.7 Å². The van der Waals surface area contributed by atoms with Gasteiger partial charge in [0.15, 0.2) is 8.07 Å². The average Bonchev–Trinajstić information content (AvgIpc) is 3.97. The van der Waals surface area contributed by atoms with Crippen LogP contribution in [0.2, 0.25) is 0 Å². The lowest BCUT2D eigenvalue weighted by molar-refractivity contribution is 0.714. The van der Waals surface area contributed by atoms with Gasteiger partial charge in [0, 0.05) is 38.9 Å². The van der Waals surface area contributed by atoms with Crippen LogP contribution in [0.4, 0.5) is 17.1 Å². The molecular formula is C63H46N2Si. The zero-order valence-corrected chi connectivity index (χ0v) is 38.0. The Morgan fingerprint density at radius 3 is 1.70 bits per heavy atom. The number of aromatic nitrogens is 1. The van der Waals surface area contributed by atoms with Crippen LogP contribution >= 0.6 is 0 Å². The third-order valence-electron chi connectivity index (χ3n) is 14.7. The van der Waals surface area contributed by atoms with Crippen molar-refractivity contribution in [3.63, 3.8) is 0 Å². The molecule has 10 aromatic carbocycles. The molecule has 3 heteroatoms. The number of hydrogen-bond donors (Lipinski definition) is 0. The van der Waals surface area contributed by atoms with Gasteiger partial charge in [0.2, 0.25) is 0 Å². The number of hydrogen-bond acceptors (Lipinski definition) is 1. The van der Waals surface area contributed by atoms with Gasteiger partial charge in [-0.05, 0) is 140 Å². The predicted octanol–water partition coefficient (Wildman–Crippen LogP) is 13.3. The van der Waals surface area contributed by atoms with E-state index >= 15 is 0 Å². The summed E-state index contributed by atoms with van der Waals surface area (Å²) in [6.07, 6.45) is 0. The summed E-state index contributed by atoms with van der Waals surface area (Å²) in [6.45, 7) is 4.70. The molecule has 1 aliphatic heterocycles. The van der Waals surface area contributed by atoms with Gasteiger partial charge in [-0.2, -0.15) is 0 Å². The van der Waals surface area contributed by atoms with E-state index in [0.29, 0.717) is 0 Å². The Hall–Kier alpha value is -7.98. The Morgan fingerprint density at radius 1 is 0.394 bits per heavy atom. The van der Waals surface area contributed by atoms with Crippen LogP contribution < -0.4 is 25.6 Å². The molecule has 0 fully saturated rings. The van der Waals surface area contributed by atoms with Crippen LogP contribution in [0.15, 0.2) is 243 Å². The quantitative estimate of drug-likeness (QED) is 0.145. The van der Waals surface area contributed by atoms with Crippen LogP contribution in [0.5, 0.6) is 0 Å². The molecule has 1 aliphatic carbocycles. The fourth-order valence-corrected chi connectivity index (χ4v) is 17.2. The highest BCUT2D eigenvalue weighted by Gasteiger charge is 2.49. The zero-order valence-electron chi connectivity index (χ0n) is 37.0. The SMILES string of the molecule is Cc1cc(N(c2ccc3c(c2)C(C)(c2ccccc2)c2ccccc2-3)c2ccc3c(c2)c2ccccc2n3-c2ccccc2)cc([Si]2(c3ccccc3)c3ccccc3-c3ccccc32)c1. The molecule has 0 saturated carbocycles. The Bertz CT molecular complexity index is 3640. The molecular weight excluding hydrogens is 813 g/mol. The van der Waals surface area contributed by atoms with Gasteiger partial charge in [0.25, 0.3) is 0 Å². The van der Waals surface area contributed by atoms with Gasteiger partial charge in [-0.25, -0.2) is 0 Å². The maximum Gasteiger partial charge on any atom is 0.180 e. The second-order valence-corrected chi connectivity index (χ2v) is 22.0. The summed E-state index contributed by atoms with van der Waals surface area (Å²) < 4.78 is 2.41. The minimum absolute atomic E-state index is 0.346. The van der Waals surface area contributed by atoms with E-state index < -0.39 is 8.07 Å². The van der Waals surface area contributed by atoms with Gasteiger partial charge in [0.05, 0.1) is 11.0 Å². The molecule has 0 saturated heterocycles. The zero-order chi connectivity index (χ0) is 44.0. The number of rotatable bonds is 7. The summed E-state index contributed by atoms with van der Waals surface area (Å²) in [7, 11) is -2.81. The first kappa shape index (κ1) is 38.5. The highest BCUT2D eigenvalue weighted by molar-refractivity contribution is 7.22. The van der Waals surface area contributed by atoms with Crippen LogP contribution in [-0.2, 0) is 5.41 Å². The summed E-state index contributed by atoms with van der Waals surface area (Å²) in [5.41, 5.74) is 17.1. The van der Waals surface area contributed by atoms with Crippen LogP contribution in [0, 0.1) is 6.92 Å². The van der Waals surface area contributed by atoms with E-state index in [4.69, 9.17) is 0 Å². The van der Waals surface area contributed by atoms with E-state index in [2.05, 4.69) is 266 Å². The highest BCUT2D eigenvalue weighted by Crippen LogP contribution is 2.54. The van der Waals surface area contributed by atoms with E-state index in [9.17, 15) is 0 Å². The van der Waals surface area contributed by atoms with Crippen molar-refractivity contribution in [3.8, 4) is 27.9 Å². The molecule has 312 valence electrons. The van der Waals surface area contributed by atoms with E-state index in [1.54, 1.807) is 0 Å². The molecule has 13 rings (SSSR count). The van der Waals surface area contributed by atoms with Gasteiger partial charge in [-0.15, -0.1) is 0 Å². The molecule has 66 heavy (non-hydrogen) atoms. The number of para-hydroxylation sites is 2. The topological polar surface area (TPSA) is 8.17 Å². The first-order valence-corrected chi connectivity index (χ1v) is 25.1. The molecule has 0 radical (unpaired) electrons. The van der Waals surface area contributed by atoms with E-state index in [0.717, 1.165) is 22.7 Å². The van der Waals surface area contributed by atoms with Crippen molar-refractivity contribution in [2.24, 2.45) is 0 Å². The van der Waals surface area contributed by atoms with Crippen LogP contribution in [0.3, 0.4) is 0 Å². The van der Waals surface area contributed by atoms with Gasteiger partial charge in [0.1, 0.15) is 0 Å². The average molecular weight is 859 g/mol. The standard InChI is InChI=1S/C63H46N2Si/c1-43-38-48(40-50(39-43)66(49-24-10-5-11-25-49)61-32-18-14-28-54(61)55-29-15-19-33-62(55)66)64(46-35-37-60-56(41-46)53-27-13-17-31-59(53)65(60)45-22-8-4-9-23-45)47-34-36-52-51-26-12-16-30-57(51)63(2,58(52)42-47)44-20-6-3-7-21-44/h3-42H,1-2H3. The first-order chi connectivity index (χ1) is 32.5. The van der Waals surface area contributed by atoms with Crippen LogP contribution in [-0.4, -0.2) is 12.6 Å². The number of nitrogens with zero attached hydrogens (tertiary/aromatic N) is 2. The second-order valence-electron chi connectivity index (χ2n) is 18.3. The summed E-state index contributed by atoms with van der Waals surface area (Å²) >= 11 is 0. The summed E-state index contributed by atoms with van der Waals surface area (Å²) in [5.74, 6) is 0. The molecule has 2 nitrogen and oxygen atoms in total. The number of aryl methyl sites for hydroxylation is 1. The third-order valence-corrected chi connectivity index (χ3v) is 19.6. The van der Waals surface area contributed by atoms with E-state index in [-0.39, 0.29) is 5.41 Å². The van der Waals surface area contributed by atoms with Gasteiger partial charge in [-0.1, -0.05) is 182 Å². The lowest BCUT2D eigenvalue weighted by Gasteiger charge is -2.34. The molecule has 1 unspecified atom stereocenters. The van der Waals surface area contributed by atoms with E-state index in [1.165, 1.54) is 87.1 Å². The lowest BCUT2D eigenvalue weighted by Crippen LogP contribution is -2.72. The third kappa shape index (κ3) is 5.47. The number of anilines is 3. The fourth-order valence-electron chi connectivity index (χ4n) is 11.9. The summed E-state index contributed by atoms with van der Waals surface area (Å²) in [4.78, 5) is 2.54. The van der Waals surface area contributed by atoms with Crippen molar-refractivity contribution in [2.45, 2.75) is 19.3 Å². The van der Waals surface area contributed by atoms with E-state index in [1.807, 2.05) is 0 Å². The number of fused-ring (bicyclic) bond motifs is 9. The molecule has 1 aromatic heterocycles. The lowest BCUT2D eigenvalue weighted by atomic mass is 9.74. The molecule has 0 amide bonds. The van der Waals surface area contributed by atoms with Crippen molar-refractivity contribution >= 4 is 67.7 Å². The van der Waals surface area contributed by atoms with Crippen molar-refractivity contribution < 1.29 is 0 Å². The van der Waals surface area contributed by atoms with Crippen molar-refractivity contribution in [3.05, 3.63) is 265 Å². The van der Waals surface area contributed by atoms with Gasteiger partial charge in [-0.3, -0.25) is 0 Å². The maximum atomic E-state index is 2.54. The Morgan fingerprint density at radius 2 is 0.955 bits per heavy atom. The van der Waals surface area contributed by atoms with Gasteiger partial charge >= 0.3 is 0 Å². The molecule has 11 aromatic rings. The monoisotopic (exact) mass is 858 g/mol. The highest BCUT2D eigenvalue weighted by atomic mass is 28.3. The summed E-state index contributed by atoms with van der Waals surface area (Å²) in [5, 5.41) is 8.14. The molecule has 0 spiro atoms. The number of benzene rings is 10. The fraction of sp³-hybridized carbons (Fsp3) is 0.0476. The first-order valence-electron chi connectivity index (χ1n) is 23.1. The van der Waals surface area contributed by atoms with Crippen molar-refractivity contribution in [1.82, 2.24) is 4.57 Å². The molecule has 2 aliphatic rings. The normalized spacial score (nSPS) is 15.3. The maximum absolute atomic E-state index is 2.81. The minimum Gasteiger partial charge on any atom is -0.310 e. The second kappa shape index (κ2) is 14.8. The van der Waals surface area contributed by atoms with Crippen molar-refractivity contribution in [2.75, 3.05) is 4.90 Å². The Kier molecular flexibility index (Phi) is 8.62. The minimum atomic E-state index is -2.81. The Labute approximate surface area is 387 Å². The molecule has 0 bridgehead atoms. The summed E-state index contributed by atoms with van der Waals surface area (Å²) in [6, 6.07) is 91.2. The molecule has 1 atom stereocenters. The van der Waals surface area contributed by atoms with Gasteiger partial charge < -0.3 is 9.47 Å². The molecule has 2 heterocycles. The predicted molar refractivity (Wildman–Crippen MR) is 280 cm³/mol. The smallest absolute Gasteiger partial charge is 0.180 e. The molecule has 0 N–H and O–H groups in total.